The van der Waals surface area contributed by atoms with Gasteiger partial charge in [0.15, 0.2) is 0 Å². The van der Waals surface area contributed by atoms with E-state index in [1.165, 1.54) is 30.0 Å². The first-order valence-corrected chi connectivity index (χ1v) is 11.3. The third-order valence-electron chi connectivity index (χ3n) is 4.22. The summed E-state index contributed by atoms with van der Waals surface area (Å²) in [5, 5.41) is -0.571. The van der Waals surface area contributed by atoms with Crippen LogP contribution in [0.5, 0.6) is 0 Å². The maximum atomic E-state index is 13.0. The van der Waals surface area contributed by atoms with Crippen LogP contribution in [-0.2, 0) is 30.5 Å². The van der Waals surface area contributed by atoms with Crippen molar-refractivity contribution in [2.75, 3.05) is 29.0 Å². The summed E-state index contributed by atoms with van der Waals surface area (Å²) in [4.78, 5) is 25.2. The zero-order chi connectivity index (χ0) is 23.0. The molecule has 1 heterocycles. The van der Waals surface area contributed by atoms with Crippen LogP contribution in [0.25, 0.3) is 0 Å². The number of hydrogen-bond acceptors (Lipinski definition) is 6. The van der Waals surface area contributed by atoms with Crippen molar-refractivity contribution in [3.05, 3.63) is 47.0 Å². The third kappa shape index (κ3) is 5.08. The van der Waals surface area contributed by atoms with Gasteiger partial charge in [0.05, 0.1) is 34.0 Å². The van der Waals surface area contributed by atoms with Gasteiger partial charge in [0, 0.05) is 10.6 Å². The molecule has 0 fully saturated rings. The summed E-state index contributed by atoms with van der Waals surface area (Å²) in [7, 11) is -3.17. The van der Waals surface area contributed by atoms with Crippen LogP contribution in [0.4, 0.5) is 24.5 Å². The standard InChI is InChI=1S/C18H14ClF3N2O5S2/c1-29-17(26)8-24-14-7-11(3-5-15(14)30-9-16(24)25)31(27,28)23-10-2-4-13(19)12(6-10)18(20,21)22/h2-7,23H,8-9H2,1H3. The minimum absolute atomic E-state index is 0.0549. The van der Waals surface area contributed by atoms with Crippen molar-refractivity contribution in [1.29, 1.82) is 0 Å². The summed E-state index contributed by atoms with van der Waals surface area (Å²) in [6.45, 7) is -0.411. The highest BCUT2D eigenvalue weighted by Crippen LogP contribution is 2.38. The molecule has 0 bridgehead atoms. The van der Waals surface area contributed by atoms with Crippen LogP contribution in [-0.4, -0.2) is 39.7 Å². The van der Waals surface area contributed by atoms with E-state index in [4.69, 9.17) is 11.6 Å². The lowest BCUT2D eigenvalue weighted by Crippen LogP contribution is -2.39. The lowest BCUT2D eigenvalue weighted by atomic mass is 10.2. The van der Waals surface area contributed by atoms with E-state index in [0.717, 1.165) is 24.1 Å². The molecule has 13 heteroatoms. The molecule has 0 saturated carbocycles. The van der Waals surface area contributed by atoms with E-state index in [0.29, 0.717) is 11.0 Å². The van der Waals surface area contributed by atoms with E-state index in [9.17, 15) is 31.2 Å². The van der Waals surface area contributed by atoms with Gasteiger partial charge in [-0.05, 0) is 36.4 Å². The van der Waals surface area contributed by atoms with Gasteiger partial charge >= 0.3 is 12.1 Å². The van der Waals surface area contributed by atoms with Gasteiger partial charge in [-0.25, -0.2) is 8.42 Å². The number of carbonyl (C=O) groups is 2. The van der Waals surface area contributed by atoms with Crippen molar-refractivity contribution < 1.29 is 35.9 Å². The number of methoxy groups -OCH3 is 1. The van der Waals surface area contributed by atoms with E-state index in [1.807, 2.05) is 0 Å². The maximum absolute atomic E-state index is 13.0. The number of carbonyl (C=O) groups excluding carboxylic acids is 2. The summed E-state index contributed by atoms with van der Waals surface area (Å²) in [6.07, 6.45) is -4.77. The molecule has 2 aromatic carbocycles. The van der Waals surface area contributed by atoms with Crippen molar-refractivity contribution in [2.24, 2.45) is 0 Å². The molecule has 1 aliphatic rings. The Kier molecular flexibility index (Phi) is 6.44. The lowest BCUT2D eigenvalue weighted by molar-refractivity contribution is -0.140. The second-order valence-electron chi connectivity index (χ2n) is 6.27. The second-order valence-corrected chi connectivity index (χ2v) is 9.38. The fourth-order valence-corrected chi connectivity index (χ4v) is 4.95. The molecule has 166 valence electrons. The summed E-state index contributed by atoms with van der Waals surface area (Å²) in [5.41, 5.74) is -1.35. The molecule has 0 aromatic heterocycles. The number of esters is 1. The van der Waals surface area contributed by atoms with Gasteiger partial charge in [-0.2, -0.15) is 13.2 Å². The Morgan fingerprint density at radius 1 is 1.26 bits per heavy atom. The number of thioether (sulfide) groups is 1. The summed E-state index contributed by atoms with van der Waals surface area (Å²) >= 11 is 6.72. The van der Waals surface area contributed by atoms with Crippen LogP contribution in [0, 0.1) is 0 Å². The number of benzene rings is 2. The number of nitrogens with one attached hydrogen (secondary N) is 1. The molecule has 0 radical (unpaired) electrons. The number of hydrogen-bond donors (Lipinski definition) is 1. The molecule has 1 N–H and O–H groups in total. The average molecular weight is 495 g/mol. The Labute approximate surface area is 184 Å². The number of halogens is 4. The van der Waals surface area contributed by atoms with Crippen molar-refractivity contribution >= 4 is 56.6 Å². The number of alkyl halides is 3. The van der Waals surface area contributed by atoms with Crippen molar-refractivity contribution in [3.8, 4) is 0 Å². The molecular weight excluding hydrogens is 481 g/mol. The second kappa shape index (κ2) is 8.60. The minimum atomic E-state index is -4.77. The first-order valence-electron chi connectivity index (χ1n) is 8.46. The number of amides is 1. The highest BCUT2D eigenvalue weighted by molar-refractivity contribution is 8.00. The lowest BCUT2D eigenvalue weighted by Gasteiger charge is -2.28. The van der Waals surface area contributed by atoms with Crippen LogP contribution in [0.3, 0.4) is 0 Å². The molecule has 1 amide bonds. The fraction of sp³-hybridized carbons (Fsp3) is 0.222. The number of anilines is 2. The van der Waals surface area contributed by atoms with Crippen LogP contribution < -0.4 is 9.62 Å². The van der Waals surface area contributed by atoms with E-state index < -0.39 is 45.2 Å². The van der Waals surface area contributed by atoms with Crippen molar-refractivity contribution in [1.82, 2.24) is 0 Å². The molecule has 1 aliphatic heterocycles. The predicted molar refractivity (Wildman–Crippen MR) is 109 cm³/mol. The first-order chi connectivity index (χ1) is 14.4. The summed E-state index contributed by atoms with van der Waals surface area (Å²) < 4.78 is 71.3. The summed E-state index contributed by atoms with van der Waals surface area (Å²) in [6, 6.07) is 6.49. The fourth-order valence-electron chi connectivity index (χ4n) is 2.74. The SMILES string of the molecule is COC(=O)CN1C(=O)CSc2ccc(S(=O)(=O)Nc3ccc(Cl)c(C(F)(F)F)c3)cc21. The number of rotatable bonds is 5. The van der Waals surface area contributed by atoms with Gasteiger partial charge in [-0.3, -0.25) is 19.2 Å². The molecule has 0 aliphatic carbocycles. The monoisotopic (exact) mass is 494 g/mol. The first kappa shape index (κ1) is 23.2. The van der Waals surface area contributed by atoms with Gasteiger partial charge in [0.1, 0.15) is 6.54 Å². The number of sulfonamides is 1. The Bertz CT molecular complexity index is 1160. The molecule has 31 heavy (non-hydrogen) atoms. The Morgan fingerprint density at radius 3 is 2.61 bits per heavy atom. The zero-order valence-corrected chi connectivity index (χ0v) is 18.1. The average Bonchev–Trinajstić information content (AvgIpc) is 2.70. The molecule has 0 atom stereocenters. The third-order valence-corrected chi connectivity index (χ3v) is 6.98. The van der Waals surface area contributed by atoms with E-state index in [-0.39, 0.29) is 22.0 Å². The Morgan fingerprint density at radius 2 is 1.97 bits per heavy atom. The highest BCUT2D eigenvalue weighted by Gasteiger charge is 2.34. The smallest absolute Gasteiger partial charge is 0.417 e. The van der Waals surface area contributed by atoms with Gasteiger partial charge < -0.3 is 4.74 Å². The highest BCUT2D eigenvalue weighted by atomic mass is 35.5. The number of nitrogens with zero attached hydrogens (tertiary/aromatic N) is 1. The van der Waals surface area contributed by atoms with Crippen molar-refractivity contribution in [3.63, 3.8) is 0 Å². The Balaban J connectivity index is 1.96. The van der Waals surface area contributed by atoms with Gasteiger partial charge in [-0.15, -0.1) is 11.8 Å². The minimum Gasteiger partial charge on any atom is -0.468 e. The molecule has 2 aromatic rings. The van der Waals surface area contributed by atoms with Gasteiger partial charge in [0.2, 0.25) is 5.91 Å². The quantitative estimate of drug-likeness (QED) is 0.636. The van der Waals surface area contributed by atoms with Crippen LogP contribution in [0.1, 0.15) is 5.56 Å². The van der Waals surface area contributed by atoms with Gasteiger partial charge in [-0.1, -0.05) is 11.6 Å². The van der Waals surface area contributed by atoms with E-state index >= 15 is 0 Å². The van der Waals surface area contributed by atoms with E-state index in [1.54, 1.807) is 0 Å². The molecule has 0 spiro atoms. The van der Waals surface area contributed by atoms with Gasteiger partial charge in [0.25, 0.3) is 10.0 Å². The normalized spacial score (nSPS) is 14.2. The maximum Gasteiger partial charge on any atom is 0.417 e. The number of fused-ring (bicyclic) bond motifs is 1. The molecule has 0 unspecified atom stereocenters. The topological polar surface area (TPSA) is 92.8 Å². The van der Waals surface area contributed by atoms with Crippen LogP contribution in [0.2, 0.25) is 5.02 Å². The van der Waals surface area contributed by atoms with Crippen LogP contribution in [0.15, 0.2) is 46.2 Å². The molecular formula is C18H14ClF3N2O5S2. The van der Waals surface area contributed by atoms with Crippen molar-refractivity contribution in [2.45, 2.75) is 16.0 Å². The Hall–Kier alpha value is -2.44. The zero-order valence-electron chi connectivity index (χ0n) is 15.7. The van der Waals surface area contributed by atoms with Crippen LogP contribution >= 0.6 is 23.4 Å². The van der Waals surface area contributed by atoms with E-state index in [2.05, 4.69) is 9.46 Å². The number of ether oxygens (including phenoxy) is 1. The summed E-state index contributed by atoms with van der Waals surface area (Å²) in [5.74, 6) is -1.06. The molecule has 0 saturated heterocycles. The molecule has 3 rings (SSSR count). The predicted octanol–water partition coefficient (Wildman–Crippen LogP) is 3.77. The largest absolute Gasteiger partial charge is 0.468 e. The molecule has 7 nitrogen and oxygen atoms in total.